The van der Waals surface area contributed by atoms with Crippen LogP contribution < -0.4 is 0 Å². The summed E-state index contributed by atoms with van der Waals surface area (Å²) >= 11 is 0. The summed E-state index contributed by atoms with van der Waals surface area (Å²) in [6.45, 7) is 3.83. The first-order valence-electron chi connectivity index (χ1n) is 5.82. The number of carbonyl (C=O) groups is 2. The fourth-order valence-electron chi connectivity index (χ4n) is 1.66. The minimum absolute atomic E-state index is 0.0631. The number of hydrogen-bond donors (Lipinski definition) is 1. The van der Waals surface area contributed by atoms with E-state index >= 15 is 0 Å². The van der Waals surface area contributed by atoms with Crippen LogP contribution in [0, 0.1) is 0 Å². The summed E-state index contributed by atoms with van der Waals surface area (Å²) in [6, 6.07) is 0. The molecule has 0 aliphatic carbocycles. The van der Waals surface area contributed by atoms with E-state index in [4.69, 9.17) is 14.6 Å². The van der Waals surface area contributed by atoms with Gasteiger partial charge in [-0.3, -0.25) is 9.59 Å². The van der Waals surface area contributed by atoms with Crippen molar-refractivity contribution in [2.24, 2.45) is 0 Å². The molecule has 0 bridgehead atoms. The summed E-state index contributed by atoms with van der Waals surface area (Å²) in [5.41, 5.74) is 0. The van der Waals surface area contributed by atoms with Crippen LogP contribution in [-0.4, -0.2) is 60.9 Å². The number of hydrogen-bond acceptors (Lipinski definition) is 4. The first-order chi connectivity index (χ1) is 8.13. The molecule has 1 amide bonds. The zero-order valence-corrected chi connectivity index (χ0v) is 10.1. The molecule has 1 rings (SSSR count). The van der Waals surface area contributed by atoms with Gasteiger partial charge in [0.1, 0.15) is 6.61 Å². The maximum Gasteiger partial charge on any atom is 0.306 e. The molecule has 98 valence electrons. The zero-order chi connectivity index (χ0) is 12.7. The number of carboxylic acids is 1. The van der Waals surface area contributed by atoms with Crippen molar-refractivity contribution in [1.29, 1.82) is 0 Å². The maximum absolute atomic E-state index is 11.7. The van der Waals surface area contributed by atoms with Gasteiger partial charge in [0.2, 0.25) is 5.91 Å². The second-order valence-electron chi connectivity index (χ2n) is 3.98. The number of rotatable bonds is 6. The Morgan fingerprint density at radius 1 is 1.53 bits per heavy atom. The molecule has 0 aromatic rings. The largest absolute Gasteiger partial charge is 0.481 e. The molecule has 6 heteroatoms. The fraction of sp³-hybridized carbons (Fsp3) is 0.818. The Kier molecular flexibility index (Phi) is 5.93. The van der Waals surface area contributed by atoms with Crippen molar-refractivity contribution in [2.75, 3.05) is 32.9 Å². The van der Waals surface area contributed by atoms with Gasteiger partial charge in [0, 0.05) is 19.7 Å². The number of carbonyl (C=O) groups excluding carboxylic acids is 1. The lowest BCUT2D eigenvalue weighted by Crippen LogP contribution is -2.47. The lowest BCUT2D eigenvalue weighted by molar-refractivity contribution is -0.150. The lowest BCUT2D eigenvalue weighted by atomic mass is 10.2. The summed E-state index contributed by atoms with van der Waals surface area (Å²) in [5, 5.41) is 8.66. The molecule has 1 atom stereocenters. The molecule has 1 N–H and O–H groups in total. The normalized spacial score (nSPS) is 20.3. The van der Waals surface area contributed by atoms with Gasteiger partial charge in [-0.25, -0.2) is 0 Å². The van der Waals surface area contributed by atoms with E-state index in [2.05, 4.69) is 0 Å². The van der Waals surface area contributed by atoms with E-state index < -0.39 is 12.1 Å². The molecule has 17 heavy (non-hydrogen) atoms. The molecule has 1 fully saturated rings. The molecule has 6 nitrogen and oxygen atoms in total. The van der Waals surface area contributed by atoms with E-state index in [0.717, 1.165) is 6.42 Å². The summed E-state index contributed by atoms with van der Waals surface area (Å²) in [4.78, 5) is 23.9. The van der Waals surface area contributed by atoms with Gasteiger partial charge in [0.25, 0.3) is 0 Å². The standard InChI is InChI=1S/C11H19NO5/c1-2-4-16-8-10(13)12-3-5-17-9(7-12)6-11(14)15/h9H,2-8H2,1H3,(H,14,15). The number of amides is 1. The van der Waals surface area contributed by atoms with Crippen LogP contribution in [0.1, 0.15) is 19.8 Å². The van der Waals surface area contributed by atoms with Crippen molar-refractivity contribution in [1.82, 2.24) is 4.90 Å². The van der Waals surface area contributed by atoms with Gasteiger partial charge in [-0.05, 0) is 6.42 Å². The van der Waals surface area contributed by atoms with Crippen molar-refractivity contribution < 1.29 is 24.2 Å². The van der Waals surface area contributed by atoms with Crippen molar-refractivity contribution in [3.63, 3.8) is 0 Å². The Morgan fingerprint density at radius 2 is 2.29 bits per heavy atom. The van der Waals surface area contributed by atoms with E-state index in [-0.39, 0.29) is 18.9 Å². The van der Waals surface area contributed by atoms with Gasteiger partial charge < -0.3 is 19.5 Å². The minimum atomic E-state index is -0.911. The summed E-state index contributed by atoms with van der Waals surface area (Å²) in [7, 11) is 0. The molecule has 0 radical (unpaired) electrons. The van der Waals surface area contributed by atoms with Gasteiger partial charge in [-0.15, -0.1) is 0 Å². The van der Waals surface area contributed by atoms with Gasteiger partial charge >= 0.3 is 5.97 Å². The molecular formula is C11H19NO5. The Hall–Kier alpha value is -1.14. The number of aliphatic carboxylic acids is 1. The maximum atomic E-state index is 11.7. The van der Waals surface area contributed by atoms with E-state index in [0.29, 0.717) is 26.3 Å². The number of carboxylic acid groups (broad SMARTS) is 1. The molecule has 0 aromatic heterocycles. The topological polar surface area (TPSA) is 76.1 Å². The zero-order valence-electron chi connectivity index (χ0n) is 10.1. The second kappa shape index (κ2) is 7.24. The smallest absolute Gasteiger partial charge is 0.306 e. The number of morpholine rings is 1. The van der Waals surface area contributed by atoms with Crippen LogP contribution >= 0.6 is 0 Å². The van der Waals surface area contributed by atoms with Gasteiger partial charge in [0.05, 0.1) is 19.1 Å². The molecule has 1 aliphatic rings. The van der Waals surface area contributed by atoms with Crippen LogP contribution in [0.3, 0.4) is 0 Å². The van der Waals surface area contributed by atoms with Gasteiger partial charge in [0.15, 0.2) is 0 Å². The van der Waals surface area contributed by atoms with Crippen LogP contribution in [0.15, 0.2) is 0 Å². The van der Waals surface area contributed by atoms with Crippen LogP contribution in [0.25, 0.3) is 0 Å². The van der Waals surface area contributed by atoms with Crippen LogP contribution in [0.5, 0.6) is 0 Å². The van der Waals surface area contributed by atoms with Crippen molar-refractivity contribution in [2.45, 2.75) is 25.9 Å². The summed E-state index contributed by atoms with van der Waals surface area (Å²) in [6.07, 6.45) is 0.397. The minimum Gasteiger partial charge on any atom is -0.481 e. The molecule has 1 aliphatic heterocycles. The first-order valence-corrected chi connectivity index (χ1v) is 5.82. The van der Waals surface area contributed by atoms with E-state index in [1.54, 1.807) is 4.90 Å². The third-order valence-corrected chi connectivity index (χ3v) is 2.47. The third kappa shape index (κ3) is 5.14. The molecule has 1 saturated heterocycles. The first kappa shape index (κ1) is 13.9. The predicted molar refractivity (Wildman–Crippen MR) is 59.7 cm³/mol. The monoisotopic (exact) mass is 245 g/mol. The quantitative estimate of drug-likeness (QED) is 0.672. The van der Waals surface area contributed by atoms with Crippen LogP contribution in [0.4, 0.5) is 0 Å². The summed E-state index contributed by atoms with van der Waals surface area (Å²) < 4.78 is 10.4. The Balaban J connectivity index is 2.32. The Bertz CT molecular complexity index is 269. The van der Waals surface area contributed by atoms with Crippen molar-refractivity contribution in [3.8, 4) is 0 Å². The summed E-state index contributed by atoms with van der Waals surface area (Å²) in [5.74, 6) is -1.01. The molecule has 1 heterocycles. The van der Waals surface area contributed by atoms with Gasteiger partial charge in [-0.2, -0.15) is 0 Å². The fourth-order valence-corrected chi connectivity index (χ4v) is 1.66. The molecular weight excluding hydrogens is 226 g/mol. The number of ether oxygens (including phenoxy) is 2. The van der Waals surface area contributed by atoms with E-state index in [9.17, 15) is 9.59 Å². The van der Waals surface area contributed by atoms with Crippen LogP contribution in [0.2, 0.25) is 0 Å². The molecule has 0 saturated carbocycles. The Morgan fingerprint density at radius 3 is 2.94 bits per heavy atom. The highest BCUT2D eigenvalue weighted by Crippen LogP contribution is 2.09. The Labute approximate surface area is 100 Å². The molecule has 0 spiro atoms. The average molecular weight is 245 g/mol. The second-order valence-corrected chi connectivity index (χ2v) is 3.98. The highest BCUT2D eigenvalue weighted by Gasteiger charge is 2.25. The average Bonchev–Trinajstić information content (AvgIpc) is 2.28. The van der Waals surface area contributed by atoms with Crippen molar-refractivity contribution in [3.05, 3.63) is 0 Å². The lowest BCUT2D eigenvalue weighted by Gasteiger charge is -2.32. The van der Waals surface area contributed by atoms with Crippen molar-refractivity contribution >= 4 is 11.9 Å². The van der Waals surface area contributed by atoms with E-state index in [1.807, 2.05) is 6.92 Å². The molecule has 0 aromatic carbocycles. The SMILES string of the molecule is CCCOCC(=O)N1CCOC(CC(=O)O)C1. The predicted octanol–water partition coefficient (Wildman–Crippen LogP) is 0.115. The van der Waals surface area contributed by atoms with Gasteiger partial charge in [-0.1, -0.05) is 6.92 Å². The number of nitrogens with zero attached hydrogens (tertiary/aromatic N) is 1. The molecule has 1 unspecified atom stereocenters. The van der Waals surface area contributed by atoms with Crippen LogP contribution in [-0.2, 0) is 19.1 Å². The highest BCUT2D eigenvalue weighted by molar-refractivity contribution is 5.77. The highest BCUT2D eigenvalue weighted by atomic mass is 16.5. The van der Waals surface area contributed by atoms with E-state index in [1.165, 1.54) is 0 Å². The third-order valence-electron chi connectivity index (χ3n) is 2.47.